The van der Waals surface area contributed by atoms with Gasteiger partial charge in [-0.1, -0.05) is 48.5 Å². The molecule has 0 saturated heterocycles. The Morgan fingerprint density at radius 2 is 1.40 bits per heavy atom. The van der Waals surface area contributed by atoms with Gasteiger partial charge in [-0.2, -0.15) is 5.21 Å². The van der Waals surface area contributed by atoms with E-state index >= 15 is 0 Å². The van der Waals surface area contributed by atoms with Crippen LogP contribution in [0.25, 0.3) is 33.5 Å². The molecule has 0 aliphatic rings. The summed E-state index contributed by atoms with van der Waals surface area (Å²) in [6, 6.07) is 15.9. The fourth-order valence-electron chi connectivity index (χ4n) is 4.11. The molecule has 42 heavy (non-hydrogen) atoms. The Kier molecular flexibility index (Phi) is 7.31. The lowest BCUT2D eigenvalue weighted by Crippen LogP contribution is -2.27. The number of nitrogens with zero attached hydrogens (tertiary/aromatic N) is 7. The molecule has 3 aromatic heterocycles. The van der Waals surface area contributed by atoms with E-state index in [2.05, 4.69) is 35.8 Å². The smallest absolute Gasteiger partial charge is 0.318 e. The molecule has 5 rings (SSSR count). The summed E-state index contributed by atoms with van der Waals surface area (Å²) in [7, 11) is 0. The zero-order valence-electron chi connectivity index (χ0n) is 24.6. The van der Waals surface area contributed by atoms with Gasteiger partial charge in [-0.3, -0.25) is 9.59 Å². The molecule has 0 radical (unpaired) electrons. The van der Waals surface area contributed by atoms with Gasteiger partial charge >= 0.3 is 11.9 Å². The predicted octanol–water partition coefficient (Wildman–Crippen LogP) is 4.93. The Bertz CT molecular complexity index is 1760. The molecule has 12 heteroatoms. The number of fused-ring (bicyclic) bond motifs is 1. The maximum absolute atomic E-state index is 12.8. The Balaban J connectivity index is 1.54. The minimum Gasteiger partial charge on any atom is -0.403 e. The van der Waals surface area contributed by atoms with Gasteiger partial charge in [-0.25, -0.2) is 4.98 Å². The van der Waals surface area contributed by atoms with Gasteiger partial charge in [0.2, 0.25) is 5.82 Å². The van der Waals surface area contributed by atoms with Crippen LogP contribution in [0.1, 0.15) is 52.9 Å². The van der Waals surface area contributed by atoms with Crippen LogP contribution in [0.5, 0.6) is 11.8 Å². The molecule has 0 atom stereocenters. The summed E-state index contributed by atoms with van der Waals surface area (Å²) in [5.74, 6) is 0.0977. The average Bonchev–Trinajstić information content (AvgIpc) is 3.58. The molecule has 0 bridgehead atoms. The Hall–Kier alpha value is -5.00. The number of aromatic nitrogens is 8. The maximum atomic E-state index is 12.8. The third-order valence-corrected chi connectivity index (χ3v) is 6.52. The van der Waals surface area contributed by atoms with E-state index in [1.165, 1.54) is 0 Å². The summed E-state index contributed by atoms with van der Waals surface area (Å²) in [4.78, 5) is 30.1. The number of aromatic amines is 1. The standard InChI is InChI=1S/C30H32N8O4/c1-17-31-22-23(26(42-28(40)30(5,6)7)35-34-25(22)41-27(39)29(2,3)4)38(17)16-18-12-14-19(15-13-18)20-10-8-9-11-21(20)24-32-36-37-33-24/h8-15H,16H2,1-7H3,(H,32,33,36,37). The zero-order chi connectivity index (χ0) is 30.2. The van der Waals surface area contributed by atoms with Gasteiger partial charge in [-0.05, 0) is 70.4 Å². The summed E-state index contributed by atoms with van der Waals surface area (Å²) in [6.45, 7) is 12.7. The molecule has 0 fully saturated rings. The molecular formula is C30H32N8O4. The number of benzene rings is 2. The summed E-state index contributed by atoms with van der Waals surface area (Å²) >= 11 is 0. The quantitative estimate of drug-likeness (QED) is 0.279. The summed E-state index contributed by atoms with van der Waals surface area (Å²) in [5, 5.41) is 22.6. The first-order valence-electron chi connectivity index (χ1n) is 13.4. The van der Waals surface area contributed by atoms with Crippen molar-refractivity contribution in [3.05, 3.63) is 59.9 Å². The van der Waals surface area contributed by atoms with Crippen molar-refractivity contribution in [2.45, 2.75) is 55.0 Å². The zero-order valence-corrected chi connectivity index (χ0v) is 24.6. The van der Waals surface area contributed by atoms with E-state index in [1.807, 2.05) is 60.0 Å². The Labute approximate surface area is 242 Å². The first-order chi connectivity index (χ1) is 19.8. The highest BCUT2D eigenvalue weighted by Gasteiger charge is 2.30. The Morgan fingerprint density at radius 3 is 2.00 bits per heavy atom. The van der Waals surface area contributed by atoms with E-state index in [0.717, 1.165) is 22.3 Å². The van der Waals surface area contributed by atoms with Gasteiger partial charge in [0, 0.05) is 12.1 Å². The van der Waals surface area contributed by atoms with Crippen LogP contribution in [0.3, 0.4) is 0 Å². The van der Waals surface area contributed by atoms with Crippen molar-refractivity contribution >= 4 is 23.0 Å². The van der Waals surface area contributed by atoms with Crippen molar-refractivity contribution in [2.75, 3.05) is 0 Å². The molecule has 0 unspecified atom stereocenters. The fourth-order valence-corrected chi connectivity index (χ4v) is 4.11. The maximum Gasteiger partial charge on any atom is 0.318 e. The third-order valence-electron chi connectivity index (χ3n) is 6.52. The van der Waals surface area contributed by atoms with Crippen molar-refractivity contribution in [1.82, 2.24) is 40.4 Å². The summed E-state index contributed by atoms with van der Waals surface area (Å²) in [5.41, 5.74) is 2.89. The lowest BCUT2D eigenvalue weighted by molar-refractivity contribution is -0.144. The van der Waals surface area contributed by atoms with Gasteiger partial charge in [0.15, 0.2) is 5.52 Å². The number of esters is 2. The number of H-pyrrole nitrogens is 1. The highest BCUT2D eigenvalue weighted by molar-refractivity contribution is 5.90. The van der Waals surface area contributed by atoms with Crippen LogP contribution in [0.15, 0.2) is 48.5 Å². The number of carbonyl (C=O) groups excluding carboxylic acids is 2. The third kappa shape index (κ3) is 5.73. The number of tetrazole rings is 1. The molecule has 5 aromatic rings. The predicted molar refractivity (Wildman–Crippen MR) is 154 cm³/mol. The summed E-state index contributed by atoms with van der Waals surface area (Å²) < 4.78 is 13.2. The number of rotatable bonds is 6. The van der Waals surface area contributed by atoms with E-state index in [1.54, 1.807) is 41.5 Å². The van der Waals surface area contributed by atoms with E-state index in [0.29, 0.717) is 23.7 Å². The molecule has 12 nitrogen and oxygen atoms in total. The number of aryl methyl sites for hydroxylation is 1. The molecule has 2 aromatic carbocycles. The topological polar surface area (TPSA) is 151 Å². The van der Waals surface area contributed by atoms with Crippen LogP contribution in [-0.4, -0.2) is 52.3 Å². The number of imidazole rings is 1. The first kappa shape index (κ1) is 28.5. The SMILES string of the molecule is Cc1nc2c(OC(=O)C(C)(C)C)nnc(OC(=O)C(C)(C)C)c2n1Cc1ccc(-c2ccccc2-c2nn[nH]n2)cc1. The van der Waals surface area contributed by atoms with Crippen molar-refractivity contribution in [2.24, 2.45) is 10.8 Å². The Morgan fingerprint density at radius 1 is 0.810 bits per heavy atom. The highest BCUT2D eigenvalue weighted by atomic mass is 16.6. The molecule has 216 valence electrons. The highest BCUT2D eigenvalue weighted by Crippen LogP contribution is 2.34. The van der Waals surface area contributed by atoms with Crippen LogP contribution < -0.4 is 9.47 Å². The molecule has 0 saturated carbocycles. The summed E-state index contributed by atoms with van der Waals surface area (Å²) in [6.07, 6.45) is 0. The minimum absolute atomic E-state index is 0.00765. The van der Waals surface area contributed by atoms with E-state index < -0.39 is 22.8 Å². The normalized spacial score (nSPS) is 12.0. The number of ether oxygens (including phenoxy) is 2. The van der Waals surface area contributed by atoms with Crippen LogP contribution in [0, 0.1) is 17.8 Å². The fraction of sp³-hybridized carbons (Fsp3) is 0.333. The van der Waals surface area contributed by atoms with E-state index in [9.17, 15) is 9.59 Å². The number of nitrogens with one attached hydrogen (secondary N) is 1. The van der Waals surface area contributed by atoms with Gasteiger partial charge in [0.25, 0.3) is 11.8 Å². The largest absolute Gasteiger partial charge is 0.403 e. The molecule has 0 spiro atoms. The lowest BCUT2D eigenvalue weighted by Gasteiger charge is -2.18. The van der Waals surface area contributed by atoms with Crippen molar-refractivity contribution in [3.63, 3.8) is 0 Å². The molecule has 1 N–H and O–H groups in total. The van der Waals surface area contributed by atoms with Gasteiger partial charge in [0.1, 0.15) is 11.3 Å². The molecule has 3 heterocycles. The molecule has 0 aliphatic carbocycles. The number of hydrogen-bond donors (Lipinski definition) is 1. The molecule has 0 amide bonds. The number of carbonyl (C=O) groups is 2. The molecule has 0 aliphatic heterocycles. The van der Waals surface area contributed by atoms with Crippen molar-refractivity contribution in [1.29, 1.82) is 0 Å². The van der Waals surface area contributed by atoms with E-state index in [4.69, 9.17) is 9.47 Å². The van der Waals surface area contributed by atoms with Crippen LogP contribution in [0.2, 0.25) is 0 Å². The van der Waals surface area contributed by atoms with Crippen LogP contribution >= 0.6 is 0 Å². The van der Waals surface area contributed by atoms with Crippen molar-refractivity contribution in [3.8, 4) is 34.3 Å². The average molecular weight is 569 g/mol. The van der Waals surface area contributed by atoms with Gasteiger partial charge < -0.3 is 14.0 Å². The van der Waals surface area contributed by atoms with E-state index in [-0.39, 0.29) is 17.3 Å². The lowest BCUT2D eigenvalue weighted by atomic mass is 9.97. The van der Waals surface area contributed by atoms with Crippen molar-refractivity contribution < 1.29 is 19.1 Å². The van der Waals surface area contributed by atoms with Gasteiger partial charge in [-0.15, -0.1) is 20.4 Å². The molecular weight excluding hydrogens is 536 g/mol. The number of hydrogen-bond acceptors (Lipinski definition) is 10. The second-order valence-corrected chi connectivity index (χ2v) is 12.0. The van der Waals surface area contributed by atoms with Crippen LogP contribution in [0.4, 0.5) is 0 Å². The van der Waals surface area contributed by atoms with Gasteiger partial charge in [0.05, 0.1) is 10.8 Å². The second-order valence-electron chi connectivity index (χ2n) is 12.0. The van der Waals surface area contributed by atoms with Crippen LogP contribution in [-0.2, 0) is 16.1 Å². The minimum atomic E-state index is -0.779. The monoisotopic (exact) mass is 568 g/mol. The first-order valence-corrected chi connectivity index (χ1v) is 13.4. The second kappa shape index (κ2) is 10.8.